The van der Waals surface area contributed by atoms with Crippen molar-refractivity contribution in [3.05, 3.63) is 39.7 Å². The van der Waals surface area contributed by atoms with Gasteiger partial charge < -0.3 is 14.4 Å². The number of hydrogen-bond acceptors (Lipinski definition) is 6. The highest BCUT2D eigenvalue weighted by Crippen LogP contribution is 2.37. The van der Waals surface area contributed by atoms with Crippen LogP contribution in [0.5, 0.6) is 11.5 Å². The van der Waals surface area contributed by atoms with Gasteiger partial charge in [0.1, 0.15) is 4.21 Å². The summed E-state index contributed by atoms with van der Waals surface area (Å²) in [4.78, 5) is 15.6. The predicted octanol–water partition coefficient (Wildman–Crippen LogP) is 3.65. The summed E-state index contributed by atoms with van der Waals surface area (Å²) in [5.41, 5.74) is 0.373. The number of piperazine rings is 1. The summed E-state index contributed by atoms with van der Waals surface area (Å²) in [7, 11) is -2.04. The highest BCUT2D eigenvalue weighted by atomic mass is 35.5. The van der Waals surface area contributed by atoms with Gasteiger partial charge in [0, 0.05) is 36.6 Å². The zero-order valence-corrected chi connectivity index (χ0v) is 19.7. The lowest BCUT2D eigenvalue weighted by Crippen LogP contribution is -2.50. The summed E-state index contributed by atoms with van der Waals surface area (Å²) >= 11 is 7.58. The van der Waals surface area contributed by atoms with Crippen molar-refractivity contribution in [3.8, 4) is 11.5 Å². The molecule has 164 valence electrons. The molecule has 2 aromatic rings. The second kappa shape index (κ2) is 9.13. The van der Waals surface area contributed by atoms with Crippen LogP contribution in [0.4, 0.5) is 0 Å². The standard InChI is InChI=1S/C20H25ClN2O5S2/c1-13(2)28-19-16(21)11-15(12-17(19)27-4)20(24)22-7-9-23(10-8-22)30(25,26)18-6-5-14(3)29-18/h5-6,11-13H,7-10H2,1-4H3. The van der Waals surface area contributed by atoms with Gasteiger partial charge in [0.15, 0.2) is 11.5 Å². The van der Waals surface area contributed by atoms with Gasteiger partial charge in [-0.3, -0.25) is 4.79 Å². The lowest BCUT2D eigenvalue weighted by atomic mass is 10.1. The minimum absolute atomic E-state index is 0.0971. The fraction of sp³-hybridized carbons (Fsp3) is 0.450. The zero-order valence-electron chi connectivity index (χ0n) is 17.3. The van der Waals surface area contributed by atoms with Crippen molar-refractivity contribution in [1.82, 2.24) is 9.21 Å². The Morgan fingerprint density at radius 1 is 1.17 bits per heavy atom. The minimum atomic E-state index is -3.53. The van der Waals surface area contributed by atoms with Gasteiger partial charge >= 0.3 is 0 Å². The Balaban J connectivity index is 1.73. The van der Waals surface area contributed by atoms with E-state index in [9.17, 15) is 13.2 Å². The molecule has 30 heavy (non-hydrogen) atoms. The molecule has 0 aliphatic carbocycles. The number of amides is 1. The van der Waals surface area contributed by atoms with E-state index in [1.165, 1.54) is 22.8 Å². The predicted molar refractivity (Wildman–Crippen MR) is 117 cm³/mol. The molecule has 0 N–H and O–H groups in total. The quantitative estimate of drug-likeness (QED) is 0.641. The molecule has 1 saturated heterocycles. The third-order valence-electron chi connectivity index (χ3n) is 4.67. The molecule has 0 atom stereocenters. The Labute approximate surface area is 186 Å². The van der Waals surface area contributed by atoms with Crippen LogP contribution < -0.4 is 9.47 Å². The number of thiophene rings is 1. The van der Waals surface area contributed by atoms with Gasteiger partial charge in [-0.2, -0.15) is 4.31 Å². The van der Waals surface area contributed by atoms with Crippen LogP contribution in [0, 0.1) is 6.92 Å². The molecule has 0 unspecified atom stereocenters. The Hall–Kier alpha value is -1.81. The van der Waals surface area contributed by atoms with E-state index in [1.807, 2.05) is 20.8 Å². The molecule has 2 heterocycles. The Bertz CT molecular complexity index is 1030. The summed E-state index contributed by atoms with van der Waals surface area (Å²) in [6.07, 6.45) is -0.0971. The summed E-state index contributed by atoms with van der Waals surface area (Å²) < 4.78 is 38.4. The zero-order chi connectivity index (χ0) is 22.1. The maximum Gasteiger partial charge on any atom is 0.254 e. The summed E-state index contributed by atoms with van der Waals surface area (Å²) in [5.74, 6) is 0.553. The van der Waals surface area contributed by atoms with E-state index in [0.29, 0.717) is 39.4 Å². The second-order valence-electron chi connectivity index (χ2n) is 7.22. The SMILES string of the molecule is COc1cc(C(=O)N2CCN(S(=O)(=O)c3ccc(C)s3)CC2)cc(Cl)c1OC(C)C. The first kappa shape index (κ1) is 22.9. The second-order valence-corrected chi connectivity index (χ2v) is 11.1. The van der Waals surface area contributed by atoms with Gasteiger partial charge in [-0.05, 0) is 45.0 Å². The van der Waals surface area contributed by atoms with E-state index in [1.54, 1.807) is 29.2 Å². The molecule has 7 nitrogen and oxygen atoms in total. The van der Waals surface area contributed by atoms with Crippen LogP contribution in [0.2, 0.25) is 5.02 Å². The number of methoxy groups -OCH3 is 1. The number of halogens is 1. The first-order valence-electron chi connectivity index (χ1n) is 9.53. The molecular formula is C20H25ClN2O5S2. The van der Waals surface area contributed by atoms with Gasteiger partial charge in [-0.1, -0.05) is 11.6 Å². The Morgan fingerprint density at radius 2 is 1.83 bits per heavy atom. The number of benzene rings is 1. The van der Waals surface area contributed by atoms with Gasteiger partial charge in [0.25, 0.3) is 15.9 Å². The van der Waals surface area contributed by atoms with Crippen LogP contribution in [0.1, 0.15) is 29.1 Å². The van der Waals surface area contributed by atoms with Crippen molar-refractivity contribution in [1.29, 1.82) is 0 Å². The van der Waals surface area contributed by atoms with Gasteiger partial charge in [-0.15, -0.1) is 11.3 Å². The lowest BCUT2D eigenvalue weighted by Gasteiger charge is -2.33. The first-order chi connectivity index (χ1) is 14.1. The lowest BCUT2D eigenvalue weighted by molar-refractivity contribution is 0.0697. The maximum absolute atomic E-state index is 13.0. The molecular weight excluding hydrogens is 448 g/mol. The fourth-order valence-electron chi connectivity index (χ4n) is 3.19. The molecule has 1 aromatic heterocycles. The number of aryl methyl sites for hydroxylation is 1. The van der Waals surface area contributed by atoms with Crippen molar-refractivity contribution in [2.75, 3.05) is 33.3 Å². The van der Waals surface area contributed by atoms with Crippen molar-refractivity contribution >= 4 is 38.9 Å². The minimum Gasteiger partial charge on any atom is -0.493 e. The molecule has 1 amide bonds. The summed E-state index contributed by atoms with van der Waals surface area (Å²) in [6, 6.07) is 6.58. The normalized spacial score (nSPS) is 15.5. The van der Waals surface area contributed by atoms with Gasteiger partial charge in [0.05, 0.1) is 18.2 Å². The number of nitrogens with zero attached hydrogens (tertiary/aromatic N) is 2. The van der Waals surface area contributed by atoms with Crippen LogP contribution >= 0.6 is 22.9 Å². The van der Waals surface area contributed by atoms with Crippen molar-refractivity contribution < 1.29 is 22.7 Å². The third kappa shape index (κ3) is 4.74. The number of ether oxygens (including phenoxy) is 2. The van der Waals surface area contributed by atoms with Crippen molar-refractivity contribution in [2.45, 2.75) is 31.1 Å². The number of hydrogen-bond donors (Lipinski definition) is 0. The van der Waals surface area contributed by atoms with Crippen LogP contribution in [-0.2, 0) is 10.0 Å². The molecule has 0 saturated carbocycles. The summed E-state index contributed by atoms with van der Waals surface area (Å²) in [6.45, 7) is 6.70. The van der Waals surface area contributed by atoms with Crippen LogP contribution in [0.15, 0.2) is 28.5 Å². The van der Waals surface area contributed by atoms with E-state index >= 15 is 0 Å². The highest BCUT2D eigenvalue weighted by molar-refractivity contribution is 7.91. The Morgan fingerprint density at radius 3 is 2.37 bits per heavy atom. The molecule has 1 fully saturated rings. The molecule has 0 spiro atoms. The molecule has 1 aliphatic heterocycles. The molecule has 0 bridgehead atoms. The van der Waals surface area contributed by atoms with Crippen LogP contribution in [0.3, 0.4) is 0 Å². The van der Waals surface area contributed by atoms with Crippen LogP contribution in [-0.4, -0.2) is 62.9 Å². The number of sulfonamides is 1. The molecule has 0 radical (unpaired) electrons. The fourth-order valence-corrected chi connectivity index (χ4v) is 6.30. The maximum atomic E-state index is 13.0. The smallest absolute Gasteiger partial charge is 0.254 e. The average molecular weight is 473 g/mol. The molecule has 10 heteroatoms. The number of carbonyl (C=O) groups excluding carboxylic acids is 1. The largest absolute Gasteiger partial charge is 0.493 e. The van der Waals surface area contributed by atoms with Crippen molar-refractivity contribution in [3.63, 3.8) is 0 Å². The van der Waals surface area contributed by atoms with Gasteiger partial charge in [0.2, 0.25) is 0 Å². The van der Waals surface area contributed by atoms with Crippen LogP contribution in [0.25, 0.3) is 0 Å². The van der Waals surface area contributed by atoms with Crippen molar-refractivity contribution in [2.24, 2.45) is 0 Å². The number of carbonyl (C=O) groups is 1. The molecule has 1 aromatic carbocycles. The number of rotatable bonds is 6. The molecule has 3 rings (SSSR count). The highest BCUT2D eigenvalue weighted by Gasteiger charge is 2.31. The average Bonchev–Trinajstić information content (AvgIpc) is 3.15. The Kier molecular flexibility index (Phi) is 6.96. The van der Waals surface area contributed by atoms with E-state index in [-0.39, 0.29) is 25.1 Å². The third-order valence-corrected chi connectivity index (χ3v) is 8.31. The van der Waals surface area contributed by atoms with Gasteiger partial charge in [-0.25, -0.2) is 8.42 Å². The van der Waals surface area contributed by atoms with E-state index in [4.69, 9.17) is 21.1 Å². The topological polar surface area (TPSA) is 76.2 Å². The first-order valence-corrected chi connectivity index (χ1v) is 12.2. The van der Waals surface area contributed by atoms with E-state index in [2.05, 4.69) is 0 Å². The monoisotopic (exact) mass is 472 g/mol. The van der Waals surface area contributed by atoms with E-state index < -0.39 is 10.0 Å². The molecule has 1 aliphatic rings. The summed E-state index contributed by atoms with van der Waals surface area (Å²) in [5, 5.41) is 0.292. The van der Waals surface area contributed by atoms with E-state index in [0.717, 1.165) is 4.88 Å².